The number of aliphatic hydroxyl groups excluding tert-OH is 1. The minimum Gasteiger partial charge on any atom is -0.497 e. The van der Waals surface area contributed by atoms with Crippen molar-refractivity contribution in [2.24, 2.45) is 0 Å². The molecule has 0 fully saturated rings. The summed E-state index contributed by atoms with van der Waals surface area (Å²) in [5.41, 5.74) is 2.50. The molecule has 0 saturated carbocycles. The Kier molecular flexibility index (Phi) is 5.89. The first-order chi connectivity index (χ1) is 11.7. The van der Waals surface area contributed by atoms with Crippen LogP contribution in [0.4, 0.5) is 0 Å². The van der Waals surface area contributed by atoms with Crippen molar-refractivity contribution in [2.75, 3.05) is 26.8 Å². The second kappa shape index (κ2) is 8.12. The largest absolute Gasteiger partial charge is 0.497 e. The molecule has 1 aliphatic rings. The number of β-amino-alcohol motifs (C(OH)–C–C–N with tert-alkyl or cyclic N) is 1. The van der Waals surface area contributed by atoms with Crippen molar-refractivity contribution in [1.29, 1.82) is 0 Å². The van der Waals surface area contributed by atoms with Crippen LogP contribution in [0.1, 0.15) is 29.0 Å². The van der Waals surface area contributed by atoms with Crippen molar-refractivity contribution in [1.82, 2.24) is 4.90 Å². The predicted molar refractivity (Wildman–Crippen MR) is 96.7 cm³/mol. The van der Waals surface area contributed by atoms with Crippen LogP contribution in [-0.4, -0.2) is 42.9 Å². The fraction of sp³-hybridized carbons (Fsp3) is 0.474. The third-order valence-corrected chi connectivity index (χ3v) is 5.58. The van der Waals surface area contributed by atoms with E-state index < -0.39 is 6.10 Å². The molecule has 3 rings (SSSR count). The van der Waals surface area contributed by atoms with E-state index in [9.17, 15) is 5.11 Å². The number of nitrogens with zero attached hydrogens (tertiary/aromatic N) is 1. The summed E-state index contributed by atoms with van der Waals surface area (Å²) in [5, 5.41) is 12.5. The van der Waals surface area contributed by atoms with E-state index in [1.165, 1.54) is 10.4 Å². The predicted octanol–water partition coefficient (Wildman–Crippen LogP) is 3.25. The minimum absolute atomic E-state index is 0.353. The normalized spacial score (nSPS) is 19.0. The van der Waals surface area contributed by atoms with Gasteiger partial charge in [0, 0.05) is 24.0 Å². The molecule has 24 heavy (non-hydrogen) atoms. The van der Waals surface area contributed by atoms with Crippen LogP contribution >= 0.6 is 11.3 Å². The highest BCUT2D eigenvalue weighted by Gasteiger charge is 2.26. The van der Waals surface area contributed by atoms with Crippen LogP contribution in [0, 0.1) is 0 Å². The Balaban J connectivity index is 1.43. The van der Waals surface area contributed by atoms with E-state index in [4.69, 9.17) is 9.47 Å². The zero-order valence-electron chi connectivity index (χ0n) is 14.3. The van der Waals surface area contributed by atoms with E-state index in [1.54, 1.807) is 7.11 Å². The molecule has 0 radical (unpaired) electrons. The van der Waals surface area contributed by atoms with E-state index >= 15 is 0 Å². The molecular formula is C19H25NO3S. The second-order valence-corrected chi connectivity index (χ2v) is 7.24. The minimum atomic E-state index is -0.467. The number of methoxy groups -OCH3 is 1. The van der Waals surface area contributed by atoms with Gasteiger partial charge in [0.1, 0.15) is 5.75 Å². The molecule has 2 unspecified atom stereocenters. The summed E-state index contributed by atoms with van der Waals surface area (Å²) in [6.07, 6.45) is 0.613. The first-order valence-corrected chi connectivity index (χ1v) is 9.24. The SMILES string of the molecule is COc1ccc(COCC(O)CN2CCc3sccc3C2C)cc1. The molecule has 2 heterocycles. The monoisotopic (exact) mass is 347 g/mol. The topological polar surface area (TPSA) is 41.9 Å². The second-order valence-electron chi connectivity index (χ2n) is 6.24. The van der Waals surface area contributed by atoms with Gasteiger partial charge in [0.15, 0.2) is 0 Å². The maximum absolute atomic E-state index is 10.3. The third kappa shape index (κ3) is 4.16. The van der Waals surface area contributed by atoms with Gasteiger partial charge in [0.25, 0.3) is 0 Å². The average Bonchev–Trinajstić information content (AvgIpc) is 3.07. The van der Waals surface area contributed by atoms with Crippen molar-refractivity contribution in [3.8, 4) is 5.75 Å². The molecule has 1 aromatic carbocycles. The molecule has 1 aliphatic heterocycles. The number of rotatable bonds is 7. The molecule has 130 valence electrons. The molecule has 2 aromatic rings. The highest BCUT2D eigenvalue weighted by Crippen LogP contribution is 2.32. The highest BCUT2D eigenvalue weighted by atomic mass is 32.1. The first-order valence-electron chi connectivity index (χ1n) is 8.36. The number of hydrogen-bond acceptors (Lipinski definition) is 5. The molecule has 2 atom stereocenters. The zero-order valence-corrected chi connectivity index (χ0v) is 15.1. The molecule has 0 aliphatic carbocycles. The number of aliphatic hydroxyl groups is 1. The Morgan fingerprint density at radius 3 is 2.83 bits per heavy atom. The number of benzene rings is 1. The average molecular weight is 347 g/mol. The van der Waals surface area contributed by atoms with Gasteiger partial charge < -0.3 is 14.6 Å². The van der Waals surface area contributed by atoms with Crippen LogP contribution in [0.25, 0.3) is 0 Å². The summed E-state index contributed by atoms with van der Waals surface area (Å²) >= 11 is 1.84. The van der Waals surface area contributed by atoms with E-state index in [2.05, 4.69) is 23.3 Å². The van der Waals surface area contributed by atoms with Crippen LogP contribution in [0.5, 0.6) is 5.75 Å². The standard InChI is InChI=1S/C19H25NO3S/c1-14-18-8-10-24-19(18)7-9-20(14)11-16(21)13-23-12-15-3-5-17(22-2)6-4-15/h3-6,8,10,14,16,21H,7,9,11-13H2,1-2H3. The summed E-state index contributed by atoms with van der Waals surface area (Å²) in [5.74, 6) is 0.839. The quantitative estimate of drug-likeness (QED) is 0.835. The fourth-order valence-corrected chi connectivity index (χ4v) is 4.13. The van der Waals surface area contributed by atoms with E-state index in [0.717, 1.165) is 24.3 Å². The summed E-state index contributed by atoms with van der Waals surface area (Å²) in [6, 6.07) is 10.4. The van der Waals surface area contributed by atoms with Gasteiger partial charge in [-0.25, -0.2) is 0 Å². The van der Waals surface area contributed by atoms with Gasteiger partial charge in [-0.15, -0.1) is 11.3 Å². The van der Waals surface area contributed by atoms with E-state index in [1.807, 2.05) is 35.6 Å². The number of fused-ring (bicyclic) bond motifs is 1. The molecule has 0 spiro atoms. The molecule has 5 heteroatoms. The summed E-state index contributed by atoms with van der Waals surface area (Å²) in [4.78, 5) is 3.83. The van der Waals surface area contributed by atoms with Gasteiger partial charge in [-0.2, -0.15) is 0 Å². The molecular weight excluding hydrogens is 322 g/mol. The molecule has 0 bridgehead atoms. The molecule has 1 aromatic heterocycles. The number of thiophene rings is 1. The lowest BCUT2D eigenvalue weighted by Crippen LogP contribution is -2.40. The summed E-state index contributed by atoms with van der Waals surface area (Å²) in [7, 11) is 1.66. The Morgan fingerprint density at radius 2 is 2.08 bits per heavy atom. The van der Waals surface area contributed by atoms with E-state index in [0.29, 0.717) is 25.8 Å². The lowest BCUT2D eigenvalue weighted by Gasteiger charge is -2.34. The van der Waals surface area contributed by atoms with Gasteiger partial charge in [0.05, 0.1) is 26.4 Å². The van der Waals surface area contributed by atoms with Gasteiger partial charge >= 0.3 is 0 Å². The molecule has 0 saturated heterocycles. The lowest BCUT2D eigenvalue weighted by molar-refractivity contribution is 0.00224. The maximum atomic E-state index is 10.3. The smallest absolute Gasteiger partial charge is 0.118 e. The molecule has 1 N–H and O–H groups in total. The van der Waals surface area contributed by atoms with Crippen LogP contribution in [0.3, 0.4) is 0 Å². The summed E-state index contributed by atoms with van der Waals surface area (Å²) in [6.45, 7) is 4.73. The number of hydrogen-bond donors (Lipinski definition) is 1. The van der Waals surface area contributed by atoms with Gasteiger partial charge in [-0.3, -0.25) is 4.90 Å². The van der Waals surface area contributed by atoms with Crippen molar-refractivity contribution in [3.05, 3.63) is 51.7 Å². The number of ether oxygens (including phenoxy) is 2. The molecule has 0 amide bonds. The van der Waals surface area contributed by atoms with E-state index in [-0.39, 0.29) is 0 Å². The third-order valence-electron chi connectivity index (χ3n) is 4.59. The maximum Gasteiger partial charge on any atom is 0.118 e. The van der Waals surface area contributed by atoms with Gasteiger partial charge in [-0.05, 0) is 48.1 Å². The van der Waals surface area contributed by atoms with Gasteiger partial charge in [0.2, 0.25) is 0 Å². The van der Waals surface area contributed by atoms with Crippen molar-refractivity contribution < 1.29 is 14.6 Å². The molecule has 4 nitrogen and oxygen atoms in total. The van der Waals surface area contributed by atoms with Crippen molar-refractivity contribution in [3.63, 3.8) is 0 Å². The zero-order chi connectivity index (χ0) is 16.9. The lowest BCUT2D eigenvalue weighted by atomic mass is 10.0. The Labute approximate surface area is 147 Å². The van der Waals surface area contributed by atoms with Crippen LogP contribution in [-0.2, 0) is 17.8 Å². The highest BCUT2D eigenvalue weighted by molar-refractivity contribution is 7.10. The fourth-order valence-electron chi connectivity index (χ4n) is 3.17. The van der Waals surface area contributed by atoms with Crippen molar-refractivity contribution in [2.45, 2.75) is 32.1 Å². The van der Waals surface area contributed by atoms with Crippen LogP contribution < -0.4 is 4.74 Å². The Hall–Kier alpha value is -1.40. The summed E-state index contributed by atoms with van der Waals surface area (Å²) < 4.78 is 10.8. The van der Waals surface area contributed by atoms with Crippen molar-refractivity contribution >= 4 is 11.3 Å². The Bertz CT molecular complexity index is 640. The first kappa shape index (κ1) is 17.4. The Morgan fingerprint density at radius 1 is 1.29 bits per heavy atom. The van der Waals surface area contributed by atoms with Gasteiger partial charge in [-0.1, -0.05) is 12.1 Å². The van der Waals surface area contributed by atoms with Crippen LogP contribution in [0.15, 0.2) is 35.7 Å². The van der Waals surface area contributed by atoms with Crippen LogP contribution in [0.2, 0.25) is 0 Å².